The fraction of sp³-hybridized carbons (Fsp3) is 0.593. The summed E-state index contributed by atoms with van der Waals surface area (Å²) in [5.41, 5.74) is 2.81. The third-order valence-corrected chi connectivity index (χ3v) is 10.8. The summed E-state index contributed by atoms with van der Waals surface area (Å²) in [6.45, 7) is 10.5. The Balaban J connectivity index is 1.80. The quantitative estimate of drug-likeness (QED) is 0.197. The molecule has 36 heavy (non-hydrogen) atoms. The lowest BCUT2D eigenvalue weighted by molar-refractivity contribution is -0.153. The molecule has 0 aliphatic carbocycles. The van der Waals surface area contributed by atoms with Gasteiger partial charge in [0.25, 0.3) is 5.91 Å². The van der Waals surface area contributed by atoms with Crippen LogP contribution >= 0.6 is 27.7 Å². The Kier molecular flexibility index (Phi) is 8.22. The first kappa shape index (κ1) is 27.2. The molecule has 2 bridgehead atoms. The second kappa shape index (κ2) is 10.9. The zero-order valence-electron chi connectivity index (χ0n) is 21.1. The normalized spacial score (nSPS) is 30.4. The van der Waals surface area contributed by atoms with Gasteiger partial charge in [0.2, 0.25) is 5.91 Å². The van der Waals surface area contributed by atoms with Crippen LogP contribution in [0.2, 0.25) is 0 Å². The van der Waals surface area contributed by atoms with E-state index in [1.54, 1.807) is 34.6 Å². The molecule has 0 aromatic heterocycles. The molecule has 9 heteroatoms. The van der Waals surface area contributed by atoms with Gasteiger partial charge in [-0.25, -0.2) is 0 Å². The number of anilines is 1. The SMILES string of the molecule is C=CCN(C(=O)C1N(CCCCO)C(=O)[C@@H]2[C@@H](C(=O)OCC)[C@@H]3SC12CC3Br)c1cc(C)ccc1C. The number of hydrogen-bond acceptors (Lipinski definition) is 6. The number of halogens is 1. The van der Waals surface area contributed by atoms with Crippen LogP contribution in [0.25, 0.3) is 0 Å². The molecule has 3 aliphatic heterocycles. The molecular formula is C27H35BrN2O5S. The first-order valence-corrected chi connectivity index (χ1v) is 14.4. The summed E-state index contributed by atoms with van der Waals surface area (Å²) >= 11 is 5.38. The smallest absolute Gasteiger partial charge is 0.310 e. The highest BCUT2D eigenvalue weighted by Crippen LogP contribution is 2.68. The molecule has 2 amide bonds. The first-order valence-electron chi connectivity index (χ1n) is 12.6. The van der Waals surface area contributed by atoms with E-state index in [0.29, 0.717) is 32.4 Å². The summed E-state index contributed by atoms with van der Waals surface area (Å²) in [5, 5.41) is 9.23. The maximum Gasteiger partial charge on any atom is 0.310 e. The molecule has 3 aliphatic rings. The van der Waals surface area contributed by atoms with Crippen molar-refractivity contribution in [2.45, 2.75) is 60.9 Å². The summed E-state index contributed by atoms with van der Waals surface area (Å²) in [4.78, 5) is 45.0. The Morgan fingerprint density at radius 2 is 2.11 bits per heavy atom. The second-order valence-corrected chi connectivity index (χ2v) is 12.6. The molecule has 3 saturated heterocycles. The van der Waals surface area contributed by atoms with Crippen molar-refractivity contribution >= 4 is 51.2 Å². The van der Waals surface area contributed by atoms with Crippen molar-refractivity contribution in [3.63, 3.8) is 0 Å². The van der Waals surface area contributed by atoms with Crippen molar-refractivity contribution in [2.75, 3.05) is 31.2 Å². The van der Waals surface area contributed by atoms with E-state index in [4.69, 9.17) is 4.74 Å². The molecule has 3 heterocycles. The Bertz CT molecular complexity index is 1050. The van der Waals surface area contributed by atoms with Gasteiger partial charge in [-0.15, -0.1) is 18.3 Å². The predicted molar refractivity (Wildman–Crippen MR) is 145 cm³/mol. The maximum absolute atomic E-state index is 14.5. The van der Waals surface area contributed by atoms with Gasteiger partial charge in [-0.1, -0.05) is 34.1 Å². The minimum atomic E-state index is -0.721. The number of nitrogens with zero attached hydrogens (tertiary/aromatic N) is 2. The van der Waals surface area contributed by atoms with E-state index < -0.39 is 22.6 Å². The van der Waals surface area contributed by atoms with Gasteiger partial charge in [0.1, 0.15) is 6.04 Å². The molecule has 7 nitrogen and oxygen atoms in total. The van der Waals surface area contributed by atoms with Crippen LogP contribution in [0.4, 0.5) is 5.69 Å². The molecular weight excluding hydrogens is 544 g/mol. The Morgan fingerprint density at radius 1 is 1.36 bits per heavy atom. The lowest BCUT2D eigenvalue weighted by atomic mass is 9.71. The van der Waals surface area contributed by atoms with Crippen LogP contribution in [0.1, 0.15) is 37.3 Å². The van der Waals surface area contributed by atoms with Crippen molar-refractivity contribution in [3.05, 3.63) is 42.0 Å². The van der Waals surface area contributed by atoms with Crippen LogP contribution in [0, 0.1) is 25.7 Å². The fourth-order valence-corrected chi connectivity index (χ4v) is 9.74. The van der Waals surface area contributed by atoms with E-state index >= 15 is 0 Å². The summed E-state index contributed by atoms with van der Waals surface area (Å²) < 4.78 is 4.69. The van der Waals surface area contributed by atoms with Crippen LogP contribution in [-0.2, 0) is 19.1 Å². The van der Waals surface area contributed by atoms with E-state index in [-0.39, 0.29) is 41.1 Å². The highest BCUT2D eigenvalue weighted by atomic mass is 79.9. The largest absolute Gasteiger partial charge is 0.466 e. The molecule has 1 N–H and O–H groups in total. The van der Waals surface area contributed by atoms with E-state index in [1.807, 2.05) is 32.0 Å². The number of alkyl halides is 1. The number of likely N-dealkylation sites (tertiary alicyclic amines) is 1. The summed E-state index contributed by atoms with van der Waals surface area (Å²) in [6.07, 6.45) is 3.44. The average molecular weight is 580 g/mol. The van der Waals surface area contributed by atoms with Gasteiger partial charge in [-0.05, 0) is 57.2 Å². The standard InChI is InChI=1S/C27H35BrN2O5S/c1-5-11-29(19-14-16(3)9-10-17(19)4)25(33)23-27-15-18(28)22(36-27)20(26(34)35-6-2)21(27)24(32)30(23)12-7-8-13-31/h5,9-10,14,18,20-23,31H,1,6-8,11-13,15H2,2-4H3/t18?,20-,21+,22-,23?,27?/m1/s1. The topological polar surface area (TPSA) is 87.2 Å². The van der Waals surface area contributed by atoms with Gasteiger partial charge < -0.3 is 19.6 Å². The number of rotatable bonds is 10. The number of ether oxygens (including phenoxy) is 1. The number of esters is 1. The van der Waals surface area contributed by atoms with Crippen LogP contribution in [0.3, 0.4) is 0 Å². The van der Waals surface area contributed by atoms with E-state index in [0.717, 1.165) is 16.8 Å². The van der Waals surface area contributed by atoms with Gasteiger partial charge in [0.05, 0.1) is 23.2 Å². The number of carbonyl (C=O) groups excluding carboxylic acids is 3. The Labute approximate surface area is 225 Å². The number of aliphatic hydroxyl groups is 1. The fourth-order valence-electron chi connectivity index (χ4n) is 6.15. The van der Waals surface area contributed by atoms with Crippen LogP contribution in [0.5, 0.6) is 0 Å². The summed E-state index contributed by atoms with van der Waals surface area (Å²) in [7, 11) is 0. The average Bonchev–Trinajstić information content (AvgIpc) is 3.43. The number of amides is 2. The molecule has 1 aromatic carbocycles. The monoisotopic (exact) mass is 578 g/mol. The number of aryl methyl sites for hydroxylation is 2. The summed E-state index contributed by atoms with van der Waals surface area (Å²) in [5.74, 6) is -1.86. The lowest BCUT2D eigenvalue weighted by Crippen LogP contribution is -2.55. The summed E-state index contributed by atoms with van der Waals surface area (Å²) in [6, 6.07) is 5.28. The second-order valence-electron chi connectivity index (χ2n) is 9.91. The van der Waals surface area contributed by atoms with Crippen LogP contribution in [-0.4, -0.2) is 75.0 Å². The number of benzene rings is 1. The lowest BCUT2D eigenvalue weighted by Gasteiger charge is -2.38. The minimum Gasteiger partial charge on any atom is -0.466 e. The molecule has 1 aromatic rings. The van der Waals surface area contributed by atoms with Crippen molar-refractivity contribution in [2.24, 2.45) is 11.8 Å². The number of carbonyl (C=O) groups is 3. The van der Waals surface area contributed by atoms with Crippen molar-refractivity contribution in [1.29, 1.82) is 0 Å². The number of aliphatic hydroxyl groups excluding tert-OH is 1. The highest BCUT2D eigenvalue weighted by Gasteiger charge is 2.76. The maximum atomic E-state index is 14.5. The van der Waals surface area contributed by atoms with Crippen LogP contribution in [0.15, 0.2) is 30.9 Å². The zero-order valence-corrected chi connectivity index (χ0v) is 23.5. The molecule has 3 fully saturated rings. The number of fused-ring (bicyclic) bond motifs is 1. The number of thioether (sulfide) groups is 1. The molecule has 4 rings (SSSR count). The van der Waals surface area contributed by atoms with E-state index in [1.165, 1.54) is 0 Å². The minimum absolute atomic E-state index is 0.00204. The van der Waals surface area contributed by atoms with E-state index in [9.17, 15) is 19.5 Å². The van der Waals surface area contributed by atoms with Crippen molar-refractivity contribution in [3.8, 4) is 0 Å². The number of hydrogen-bond donors (Lipinski definition) is 1. The van der Waals surface area contributed by atoms with Gasteiger partial charge in [-0.3, -0.25) is 14.4 Å². The predicted octanol–water partition coefficient (Wildman–Crippen LogP) is 3.62. The van der Waals surface area contributed by atoms with Crippen LogP contribution < -0.4 is 4.90 Å². The van der Waals surface area contributed by atoms with Gasteiger partial charge >= 0.3 is 5.97 Å². The van der Waals surface area contributed by atoms with Gasteiger partial charge in [-0.2, -0.15) is 0 Å². The first-order chi connectivity index (χ1) is 17.2. The number of unbranched alkanes of at least 4 members (excludes halogenated alkanes) is 1. The molecule has 3 unspecified atom stereocenters. The third kappa shape index (κ3) is 4.41. The zero-order chi connectivity index (χ0) is 26.2. The third-order valence-electron chi connectivity index (χ3n) is 7.62. The van der Waals surface area contributed by atoms with E-state index in [2.05, 4.69) is 22.5 Å². The van der Waals surface area contributed by atoms with Gasteiger partial charge in [0, 0.05) is 35.5 Å². The Hall–Kier alpha value is -1.84. The molecule has 196 valence electrons. The molecule has 0 radical (unpaired) electrons. The van der Waals surface area contributed by atoms with Crippen molar-refractivity contribution in [1.82, 2.24) is 4.90 Å². The Morgan fingerprint density at radius 3 is 2.78 bits per heavy atom. The van der Waals surface area contributed by atoms with Crippen molar-refractivity contribution < 1.29 is 24.2 Å². The molecule has 0 saturated carbocycles. The van der Waals surface area contributed by atoms with Gasteiger partial charge in [0.15, 0.2) is 0 Å². The molecule has 6 atom stereocenters. The highest BCUT2D eigenvalue weighted by molar-refractivity contribution is 9.09. The molecule has 1 spiro atoms.